The molecule has 0 aromatic heterocycles. The number of benzene rings is 1. The first-order chi connectivity index (χ1) is 12.2. The Hall–Kier alpha value is -3.28. The number of methoxy groups -OCH3 is 1. The molecular weight excluding hydrogens is 352 g/mol. The zero-order chi connectivity index (χ0) is 19.6. The van der Waals surface area contributed by atoms with Gasteiger partial charge in [-0.1, -0.05) is 0 Å². The van der Waals surface area contributed by atoms with Crippen LogP contribution in [0.2, 0.25) is 0 Å². The molecule has 3 N–H and O–H groups in total. The highest BCUT2D eigenvalue weighted by Crippen LogP contribution is 2.47. The fraction of sp³-hybridized carbons (Fsp3) is 0.429. The van der Waals surface area contributed by atoms with Gasteiger partial charge in [-0.3, -0.25) is 29.8 Å². The van der Waals surface area contributed by atoms with Crippen molar-refractivity contribution in [2.45, 2.75) is 25.3 Å². The summed E-state index contributed by atoms with van der Waals surface area (Å²) in [5, 5.41) is 31.3. The third-order valence-electron chi connectivity index (χ3n) is 4.05. The van der Waals surface area contributed by atoms with Crippen molar-refractivity contribution in [1.29, 1.82) is 0 Å². The van der Waals surface area contributed by atoms with Gasteiger partial charge in [-0.05, 0) is 12.8 Å². The number of amides is 1. The van der Waals surface area contributed by atoms with Gasteiger partial charge in [0.1, 0.15) is 17.8 Å². The molecule has 1 heterocycles. The summed E-state index contributed by atoms with van der Waals surface area (Å²) in [5.41, 5.74) is 4.36. The molecule has 0 aliphatic carbocycles. The van der Waals surface area contributed by atoms with Gasteiger partial charge in [0.25, 0.3) is 5.69 Å². The zero-order valence-electron chi connectivity index (χ0n) is 13.7. The summed E-state index contributed by atoms with van der Waals surface area (Å²) >= 11 is 0. The van der Waals surface area contributed by atoms with Crippen LogP contribution in [0.15, 0.2) is 6.07 Å². The van der Waals surface area contributed by atoms with Crippen LogP contribution in [0.25, 0.3) is 0 Å². The van der Waals surface area contributed by atoms with E-state index in [0.717, 1.165) is 11.0 Å². The minimum atomic E-state index is -1.26. The van der Waals surface area contributed by atoms with Crippen molar-refractivity contribution in [3.05, 3.63) is 31.9 Å². The maximum atomic E-state index is 12.4. The number of ether oxygens (including phenoxy) is 1. The van der Waals surface area contributed by atoms with Crippen molar-refractivity contribution in [2.75, 3.05) is 18.6 Å². The van der Waals surface area contributed by atoms with Gasteiger partial charge in [-0.25, -0.2) is 0 Å². The van der Waals surface area contributed by atoms with Crippen LogP contribution < -0.4 is 15.4 Å². The molecule has 12 heteroatoms. The minimum absolute atomic E-state index is 0.0636. The number of carboxylic acids is 1. The summed E-state index contributed by atoms with van der Waals surface area (Å²) in [7, 11) is 1.20. The van der Waals surface area contributed by atoms with E-state index < -0.39 is 39.1 Å². The molecule has 140 valence electrons. The first kappa shape index (κ1) is 19.1. The predicted octanol–water partition coefficient (Wildman–Crippen LogP) is 0.593. The third kappa shape index (κ3) is 3.39. The number of fused-ring (bicyclic) bond motifs is 1. The lowest BCUT2D eigenvalue weighted by Crippen LogP contribution is -2.34. The van der Waals surface area contributed by atoms with Crippen molar-refractivity contribution >= 4 is 28.9 Å². The van der Waals surface area contributed by atoms with Crippen LogP contribution in [0.1, 0.15) is 18.4 Å². The summed E-state index contributed by atoms with van der Waals surface area (Å²) in [6.45, 7) is 0.0643. The molecule has 0 bridgehead atoms. The van der Waals surface area contributed by atoms with Gasteiger partial charge in [0.2, 0.25) is 11.7 Å². The second-order valence-electron chi connectivity index (χ2n) is 5.57. The Morgan fingerprint density at radius 3 is 2.46 bits per heavy atom. The lowest BCUT2D eigenvalue weighted by Gasteiger charge is -2.18. The van der Waals surface area contributed by atoms with Crippen molar-refractivity contribution in [3.8, 4) is 5.75 Å². The maximum absolute atomic E-state index is 12.4. The molecular formula is C14H16N4O8. The Balaban J connectivity index is 2.44. The third-order valence-corrected chi connectivity index (χ3v) is 4.05. The van der Waals surface area contributed by atoms with Crippen LogP contribution in [0.3, 0.4) is 0 Å². The highest BCUT2D eigenvalue weighted by Gasteiger charge is 2.39. The number of hydrogen-bond acceptors (Lipinski definition) is 8. The second-order valence-corrected chi connectivity index (χ2v) is 5.57. The Morgan fingerprint density at radius 2 is 1.96 bits per heavy atom. The molecule has 0 saturated heterocycles. The summed E-state index contributed by atoms with van der Waals surface area (Å²) in [5.74, 6) is -1.95. The molecule has 2 rings (SSSR count). The van der Waals surface area contributed by atoms with Crippen molar-refractivity contribution in [2.24, 2.45) is 5.73 Å². The van der Waals surface area contributed by atoms with Gasteiger partial charge in [0.05, 0.1) is 17.0 Å². The Labute approximate surface area is 146 Å². The Kier molecular flexibility index (Phi) is 5.35. The van der Waals surface area contributed by atoms with Gasteiger partial charge < -0.3 is 20.5 Å². The number of nitro groups is 2. The second kappa shape index (κ2) is 7.31. The monoisotopic (exact) mass is 368 g/mol. The molecule has 0 fully saturated rings. The molecule has 0 spiro atoms. The van der Waals surface area contributed by atoms with E-state index in [9.17, 15) is 29.8 Å². The summed E-state index contributed by atoms with van der Waals surface area (Å²) in [6, 6.07) is -0.478. The van der Waals surface area contributed by atoms with Gasteiger partial charge >= 0.3 is 11.7 Å². The molecule has 1 aliphatic rings. The SMILES string of the molecule is COc1c([N+](=O)[O-])cc([N+](=O)[O-])c2c1CCN2C(=O)CCC(N)C(=O)O. The predicted molar refractivity (Wildman–Crippen MR) is 87.2 cm³/mol. The number of hydrogen-bond donors (Lipinski definition) is 2. The lowest BCUT2D eigenvalue weighted by atomic mass is 10.1. The summed E-state index contributed by atoms with van der Waals surface area (Å²) < 4.78 is 5.04. The molecule has 1 aliphatic heterocycles. The number of nitro benzene ring substituents is 2. The van der Waals surface area contributed by atoms with E-state index in [-0.39, 0.29) is 42.8 Å². The van der Waals surface area contributed by atoms with Crippen molar-refractivity contribution in [1.82, 2.24) is 0 Å². The topological polar surface area (TPSA) is 179 Å². The standard InChI is InChI=1S/C14H16N4O8/c1-26-13-7-4-5-16(11(19)3-2-8(15)14(20)21)12(7)9(17(22)23)6-10(13)18(24)25/h6,8H,2-5,15H2,1H3,(H,20,21). The number of nitrogens with zero attached hydrogens (tertiary/aromatic N) is 3. The lowest BCUT2D eigenvalue weighted by molar-refractivity contribution is -0.394. The molecule has 0 radical (unpaired) electrons. The van der Waals surface area contributed by atoms with E-state index in [0.29, 0.717) is 0 Å². The van der Waals surface area contributed by atoms with E-state index in [1.165, 1.54) is 7.11 Å². The number of anilines is 1. The number of carbonyl (C=O) groups is 2. The van der Waals surface area contributed by atoms with Gasteiger partial charge in [-0.15, -0.1) is 0 Å². The van der Waals surface area contributed by atoms with E-state index in [2.05, 4.69) is 0 Å². The van der Waals surface area contributed by atoms with Gasteiger partial charge in [0, 0.05) is 18.5 Å². The van der Waals surface area contributed by atoms with Crippen LogP contribution in [0, 0.1) is 20.2 Å². The Bertz CT molecular complexity index is 794. The molecule has 1 amide bonds. The van der Waals surface area contributed by atoms with Crippen LogP contribution in [0.5, 0.6) is 5.75 Å². The smallest absolute Gasteiger partial charge is 0.320 e. The normalized spacial score (nSPS) is 13.8. The van der Waals surface area contributed by atoms with Crippen LogP contribution in [0.4, 0.5) is 17.1 Å². The van der Waals surface area contributed by atoms with E-state index >= 15 is 0 Å². The van der Waals surface area contributed by atoms with Crippen molar-refractivity contribution in [3.63, 3.8) is 0 Å². The highest BCUT2D eigenvalue weighted by atomic mass is 16.6. The van der Waals surface area contributed by atoms with Crippen LogP contribution >= 0.6 is 0 Å². The maximum Gasteiger partial charge on any atom is 0.320 e. The highest BCUT2D eigenvalue weighted by molar-refractivity contribution is 5.99. The minimum Gasteiger partial charge on any atom is -0.490 e. The number of carboxylic acid groups (broad SMARTS) is 1. The molecule has 12 nitrogen and oxygen atoms in total. The Morgan fingerprint density at radius 1 is 1.35 bits per heavy atom. The molecule has 0 saturated carbocycles. The average Bonchev–Trinajstić information content (AvgIpc) is 3.02. The molecule has 1 unspecified atom stereocenters. The fourth-order valence-corrected chi connectivity index (χ4v) is 2.84. The molecule has 26 heavy (non-hydrogen) atoms. The number of aliphatic carboxylic acids is 1. The van der Waals surface area contributed by atoms with Crippen molar-refractivity contribution < 1.29 is 29.3 Å². The fourth-order valence-electron chi connectivity index (χ4n) is 2.84. The summed E-state index contributed by atoms with van der Waals surface area (Å²) in [6.07, 6.45) is -0.237. The van der Waals surface area contributed by atoms with Crippen LogP contribution in [-0.4, -0.2) is 46.5 Å². The van der Waals surface area contributed by atoms with Crippen LogP contribution in [-0.2, 0) is 16.0 Å². The quantitative estimate of drug-likeness (QED) is 0.514. The van der Waals surface area contributed by atoms with Gasteiger partial charge in [-0.2, -0.15) is 0 Å². The summed E-state index contributed by atoms with van der Waals surface area (Å²) in [4.78, 5) is 45.2. The molecule has 1 atom stereocenters. The van der Waals surface area contributed by atoms with E-state index in [1.54, 1.807) is 0 Å². The number of rotatable bonds is 7. The zero-order valence-corrected chi connectivity index (χ0v) is 13.7. The van der Waals surface area contributed by atoms with Gasteiger partial charge in [0.15, 0.2) is 0 Å². The van der Waals surface area contributed by atoms with E-state index in [4.69, 9.17) is 15.6 Å². The van der Waals surface area contributed by atoms with E-state index in [1.807, 2.05) is 0 Å². The number of carbonyl (C=O) groups excluding carboxylic acids is 1. The molecule has 1 aromatic rings. The largest absolute Gasteiger partial charge is 0.490 e. The first-order valence-corrected chi connectivity index (χ1v) is 7.50. The number of nitrogens with two attached hydrogens (primary N) is 1. The molecule has 1 aromatic carbocycles. The average molecular weight is 368 g/mol. The first-order valence-electron chi connectivity index (χ1n) is 7.50.